The first-order chi connectivity index (χ1) is 11.1. The molecule has 0 bridgehead atoms. The lowest BCUT2D eigenvalue weighted by Crippen LogP contribution is -2.45. The van der Waals surface area contributed by atoms with Crippen molar-refractivity contribution in [1.29, 1.82) is 0 Å². The van der Waals surface area contributed by atoms with Crippen molar-refractivity contribution in [2.45, 2.75) is 18.9 Å². The van der Waals surface area contributed by atoms with E-state index < -0.39 is 0 Å². The molecule has 1 aliphatic heterocycles. The van der Waals surface area contributed by atoms with Crippen LogP contribution < -0.4 is 16.0 Å². The smallest absolute Gasteiger partial charge is 0.253 e. The van der Waals surface area contributed by atoms with E-state index in [1.54, 1.807) is 18.3 Å². The molecule has 2 aromatic rings. The Morgan fingerprint density at radius 2 is 2.04 bits per heavy atom. The summed E-state index contributed by atoms with van der Waals surface area (Å²) in [4.78, 5) is 19.0. The summed E-state index contributed by atoms with van der Waals surface area (Å²) in [6, 6.07) is 11.4. The van der Waals surface area contributed by atoms with Crippen molar-refractivity contribution >= 4 is 33.3 Å². The van der Waals surface area contributed by atoms with E-state index in [1.807, 2.05) is 24.3 Å². The number of nitrogens with two attached hydrogens (primary N) is 1. The second kappa shape index (κ2) is 7.00. The summed E-state index contributed by atoms with van der Waals surface area (Å²) >= 11 is 3.35. The molecule has 0 aliphatic carbocycles. The molecular weight excluding hydrogens is 356 g/mol. The molecule has 0 spiro atoms. The first-order valence-electron chi connectivity index (χ1n) is 7.65. The van der Waals surface area contributed by atoms with Crippen LogP contribution in [0.15, 0.2) is 47.1 Å². The second-order valence-corrected chi connectivity index (χ2v) is 6.57. The van der Waals surface area contributed by atoms with Crippen LogP contribution in [0.5, 0.6) is 0 Å². The van der Waals surface area contributed by atoms with Crippen LogP contribution in [0, 0.1) is 0 Å². The number of hydrogen-bond donors (Lipinski definition) is 2. The fraction of sp³-hybridized carbons (Fsp3) is 0.294. The summed E-state index contributed by atoms with van der Waals surface area (Å²) in [6.45, 7) is 1.77. The summed E-state index contributed by atoms with van der Waals surface area (Å²) in [5, 5.41) is 3.09. The van der Waals surface area contributed by atoms with Gasteiger partial charge in [0.05, 0.1) is 5.56 Å². The van der Waals surface area contributed by atoms with Crippen LogP contribution in [0.3, 0.4) is 0 Å². The maximum absolute atomic E-state index is 12.4. The number of rotatable bonds is 3. The zero-order valence-corrected chi connectivity index (χ0v) is 14.3. The monoisotopic (exact) mass is 374 g/mol. The number of nitrogens with one attached hydrogen (secondary N) is 1. The lowest BCUT2D eigenvalue weighted by atomic mass is 10.0. The van der Waals surface area contributed by atoms with Gasteiger partial charge in [-0.15, -0.1) is 0 Å². The van der Waals surface area contributed by atoms with Gasteiger partial charge in [-0.25, -0.2) is 4.98 Å². The first-order valence-corrected chi connectivity index (χ1v) is 8.44. The minimum atomic E-state index is -0.105. The Kier molecular flexibility index (Phi) is 4.81. The zero-order chi connectivity index (χ0) is 16.2. The van der Waals surface area contributed by atoms with E-state index in [-0.39, 0.29) is 11.9 Å². The molecule has 1 fully saturated rings. The molecule has 1 amide bonds. The Hall–Kier alpha value is -2.08. The molecule has 5 nitrogen and oxygen atoms in total. The maximum Gasteiger partial charge on any atom is 0.253 e. The SMILES string of the molecule is Nc1cc(Br)ccc1C(=O)NC1CCN(c2ccccn2)CC1. The number of nitrogens with zero attached hydrogens (tertiary/aromatic N) is 2. The normalized spacial score (nSPS) is 15.4. The van der Waals surface area contributed by atoms with E-state index in [9.17, 15) is 4.79 Å². The topological polar surface area (TPSA) is 71.2 Å². The summed E-state index contributed by atoms with van der Waals surface area (Å²) in [7, 11) is 0. The van der Waals surface area contributed by atoms with E-state index in [0.717, 1.165) is 36.2 Å². The van der Waals surface area contributed by atoms with Gasteiger partial charge < -0.3 is 16.0 Å². The van der Waals surface area contributed by atoms with Gasteiger partial charge in [-0.3, -0.25) is 4.79 Å². The molecule has 3 N–H and O–H groups in total. The quantitative estimate of drug-likeness (QED) is 0.810. The third-order valence-corrected chi connectivity index (χ3v) is 4.55. The van der Waals surface area contributed by atoms with Crippen LogP contribution in [0.25, 0.3) is 0 Å². The number of piperidine rings is 1. The Morgan fingerprint density at radius 3 is 2.70 bits per heavy atom. The van der Waals surface area contributed by atoms with Crippen LogP contribution >= 0.6 is 15.9 Å². The lowest BCUT2D eigenvalue weighted by Gasteiger charge is -2.33. The van der Waals surface area contributed by atoms with Gasteiger partial charge in [0.1, 0.15) is 5.82 Å². The molecule has 0 radical (unpaired) electrons. The number of aromatic nitrogens is 1. The number of pyridine rings is 1. The molecule has 6 heteroatoms. The molecule has 120 valence electrons. The number of nitrogen functional groups attached to an aromatic ring is 1. The van der Waals surface area contributed by atoms with E-state index in [2.05, 4.69) is 31.1 Å². The van der Waals surface area contributed by atoms with Crippen molar-refractivity contribution in [3.05, 3.63) is 52.6 Å². The summed E-state index contributed by atoms with van der Waals surface area (Å²) in [5.74, 6) is 0.890. The van der Waals surface area contributed by atoms with Gasteiger partial charge in [0.15, 0.2) is 0 Å². The lowest BCUT2D eigenvalue weighted by molar-refractivity contribution is 0.0932. The standard InChI is InChI=1S/C17H19BrN4O/c18-12-4-5-14(15(19)11-12)17(23)21-13-6-9-22(10-7-13)16-3-1-2-8-20-16/h1-5,8,11,13H,6-7,9-10,19H2,(H,21,23). The average molecular weight is 375 g/mol. The maximum atomic E-state index is 12.4. The number of carbonyl (C=O) groups is 1. The van der Waals surface area contributed by atoms with Crippen LogP contribution in [0.4, 0.5) is 11.5 Å². The van der Waals surface area contributed by atoms with Crippen LogP contribution in [0.2, 0.25) is 0 Å². The largest absolute Gasteiger partial charge is 0.398 e. The Labute approximate surface area is 144 Å². The van der Waals surface area contributed by atoms with Crippen LogP contribution in [-0.2, 0) is 0 Å². The number of benzene rings is 1. The zero-order valence-electron chi connectivity index (χ0n) is 12.7. The number of amides is 1. The minimum absolute atomic E-state index is 0.105. The Morgan fingerprint density at radius 1 is 1.26 bits per heavy atom. The van der Waals surface area contributed by atoms with E-state index >= 15 is 0 Å². The summed E-state index contributed by atoms with van der Waals surface area (Å²) in [5.41, 5.74) is 6.93. The Bertz CT molecular complexity index is 684. The van der Waals surface area contributed by atoms with Crippen molar-refractivity contribution in [2.24, 2.45) is 0 Å². The van der Waals surface area contributed by atoms with E-state index in [0.29, 0.717) is 11.3 Å². The van der Waals surface area contributed by atoms with Crippen molar-refractivity contribution < 1.29 is 4.79 Å². The highest BCUT2D eigenvalue weighted by atomic mass is 79.9. The highest BCUT2D eigenvalue weighted by molar-refractivity contribution is 9.10. The molecule has 0 atom stereocenters. The van der Waals surface area contributed by atoms with Crippen LogP contribution in [-0.4, -0.2) is 30.0 Å². The molecule has 0 saturated carbocycles. The van der Waals surface area contributed by atoms with Gasteiger partial charge >= 0.3 is 0 Å². The number of halogens is 1. The third-order valence-electron chi connectivity index (χ3n) is 4.06. The molecule has 1 aliphatic rings. The summed E-state index contributed by atoms with van der Waals surface area (Å²) < 4.78 is 0.871. The van der Waals surface area contributed by atoms with Crippen molar-refractivity contribution in [3.63, 3.8) is 0 Å². The van der Waals surface area contributed by atoms with Gasteiger partial charge in [-0.2, -0.15) is 0 Å². The summed E-state index contributed by atoms with van der Waals surface area (Å²) in [6.07, 6.45) is 3.61. The van der Waals surface area contributed by atoms with Gasteiger partial charge in [0.25, 0.3) is 5.91 Å². The minimum Gasteiger partial charge on any atom is -0.398 e. The van der Waals surface area contributed by atoms with Crippen molar-refractivity contribution in [2.75, 3.05) is 23.7 Å². The van der Waals surface area contributed by atoms with E-state index in [4.69, 9.17) is 5.73 Å². The van der Waals surface area contributed by atoms with Gasteiger partial charge in [0, 0.05) is 35.5 Å². The van der Waals surface area contributed by atoms with Crippen molar-refractivity contribution in [1.82, 2.24) is 10.3 Å². The second-order valence-electron chi connectivity index (χ2n) is 5.65. The van der Waals surface area contributed by atoms with Crippen LogP contribution in [0.1, 0.15) is 23.2 Å². The van der Waals surface area contributed by atoms with Gasteiger partial charge in [0.2, 0.25) is 0 Å². The molecule has 23 heavy (non-hydrogen) atoms. The van der Waals surface area contributed by atoms with Gasteiger partial charge in [-0.1, -0.05) is 22.0 Å². The Balaban J connectivity index is 1.57. The molecule has 1 saturated heterocycles. The van der Waals surface area contributed by atoms with Gasteiger partial charge in [-0.05, 0) is 43.2 Å². The van der Waals surface area contributed by atoms with Crippen molar-refractivity contribution in [3.8, 4) is 0 Å². The fourth-order valence-electron chi connectivity index (χ4n) is 2.80. The highest BCUT2D eigenvalue weighted by Crippen LogP contribution is 2.20. The highest BCUT2D eigenvalue weighted by Gasteiger charge is 2.22. The number of hydrogen-bond acceptors (Lipinski definition) is 4. The number of carbonyl (C=O) groups excluding carboxylic acids is 1. The predicted octanol–water partition coefficient (Wildman–Crippen LogP) is 2.83. The molecule has 3 rings (SSSR count). The predicted molar refractivity (Wildman–Crippen MR) is 95.5 cm³/mol. The first kappa shape index (κ1) is 15.8. The number of anilines is 2. The third kappa shape index (κ3) is 3.82. The molecule has 0 unspecified atom stereocenters. The molecule has 1 aromatic carbocycles. The van der Waals surface area contributed by atoms with E-state index in [1.165, 1.54) is 0 Å². The molecule has 2 heterocycles. The molecule has 1 aromatic heterocycles. The fourth-order valence-corrected chi connectivity index (χ4v) is 3.18. The average Bonchev–Trinajstić information content (AvgIpc) is 2.56. The molecular formula is C17H19BrN4O.